The predicted octanol–water partition coefficient (Wildman–Crippen LogP) is 2.05. The van der Waals surface area contributed by atoms with Gasteiger partial charge in [-0.1, -0.05) is 6.07 Å². The molecule has 3 rings (SSSR count). The minimum absolute atomic E-state index is 0.930. The van der Waals surface area contributed by atoms with E-state index in [9.17, 15) is 0 Å². The number of hydrogen-bond acceptors (Lipinski definition) is 2. The Hall–Kier alpha value is -1.70. The zero-order valence-electron chi connectivity index (χ0n) is 7.07. The van der Waals surface area contributed by atoms with Gasteiger partial charge >= 0.3 is 0 Å². The Kier molecular flexibility index (Phi) is 1.25. The van der Waals surface area contributed by atoms with Crippen molar-refractivity contribution in [1.29, 1.82) is 0 Å². The maximum atomic E-state index is 4.35. The molecule has 0 atom stereocenters. The first-order valence-corrected chi connectivity index (χ1v) is 4.32. The van der Waals surface area contributed by atoms with Crippen molar-refractivity contribution in [2.75, 3.05) is 0 Å². The van der Waals surface area contributed by atoms with Crippen LogP contribution in [-0.4, -0.2) is 9.97 Å². The average Bonchev–Trinajstić information content (AvgIpc) is 2.56. The van der Waals surface area contributed by atoms with E-state index in [-0.39, 0.29) is 0 Å². The lowest BCUT2D eigenvalue weighted by molar-refractivity contribution is 1.11. The van der Waals surface area contributed by atoms with E-state index in [0.717, 1.165) is 6.42 Å². The van der Waals surface area contributed by atoms with Gasteiger partial charge in [0.15, 0.2) is 0 Å². The molecule has 0 amide bonds. The van der Waals surface area contributed by atoms with Crippen molar-refractivity contribution in [1.82, 2.24) is 9.97 Å². The molecule has 0 aromatic carbocycles. The summed E-state index contributed by atoms with van der Waals surface area (Å²) in [5.41, 5.74) is 5.01. The second-order valence-electron chi connectivity index (χ2n) is 3.21. The van der Waals surface area contributed by atoms with Crippen molar-refractivity contribution < 1.29 is 0 Å². The van der Waals surface area contributed by atoms with Crippen LogP contribution in [0.25, 0.3) is 11.1 Å². The zero-order valence-corrected chi connectivity index (χ0v) is 7.07. The molecule has 2 aromatic rings. The lowest BCUT2D eigenvalue weighted by Crippen LogP contribution is -1.83. The molecule has 0 aliphatic heterocycles. The third-order valence-corrected chi connectivity index (χ3v) is 2.44. The lowest BCUT2D eigenvalue weighted by Gasteiger charge is -1.96. The minimum Gasteiger partial charge on any atom is -0.264 e. The highest BCUT2D eigenvalue weighted by Gasteiger charge is 2.17. The molecular weight excluding hydrogens is 160 g/mol. The summed E-state index contributed by atoms with van der Waals surface area (Å²) in [5.74, 6) is 0. The molecule has 2 heteroatoms. The molecule has 1 aliphatic rings. The molecule has 0 bridgehead atoms. The Morgan fingerprint density at radius 2 is 2.08 bits per heavy atom. The maximum absolute atomic E-state index is 4.35. The maximum Gasteiger partial charge on any atom is 0.0526 e. The summed E-state index contributed by atoms with van der Waals surface area (Å²) in [6.45, 7) is 0. The highest BCUT2D eigenvalue weighted by atomic mass is 14.7. The molecule has 2 nitrogen and oxygen atoms in total. The predicted molar refractivity (Wildman–Crippen MR) is 50.3 cm³/mol. The Bertz CT molecular complexity index is 420. The summed E-state index contributed by atoms with van der Waals surface area (Å²) >= 11 is 0. The van der Waals surface area contributed by atoms with Crippen molar-refractivity contribution in [2.45, 2.75) is 6.42 Å². The van der Waals surface area contributed by atoms with Gasteiger partial charge in [-0.15, -0.1) is 0 Å². The third-order valence-electron chi connectivity index (χ3n) is 2.44. The van der Waals surface area contributed by atoms with Crippen molar-refractivity contribution in [3.8, 4) is 11.1 Å². The Morgan fingerprint density at radius 1 is 1.08 bits per heavy atom. The van der Waals surface area contributed by atoms with Crippen LogP contribution in [0.2, 0.25) is 0 Å². The molecule has 0 radical (unpaired) electrons. The van der Waals surface area contributed by atoms with Crippen molar-refractivity contribution in [3.05, 3.63) is 48.0 Å². The quantitative estimate of drug-likeness (QED) is 0.513. The van der Waals surface area contributed by atoms with Gasteiger partial charge < -0.3 is 0 Å². The molecule has 13 heavy (non-hydrogen) atoms. The van der Waals surface area contributed by atoms with Crippen LogP contribution in [0.1, 0.15) is 11.3 Å². The van der Waals surface area contributed by atoms with Gasteiger partial charge in [-0.25, -0.2) is 0 Å². The number of pyridine rings is 2. The Balaban J connectivity index is 2.32. The van der Waals surface area contributed by atoms with Crippen LogP contribution in [-0.2, 0) is 6.42 Å². The minimum atomic E-state index is 0.930. The highest BCUT2D eigenvalue weighted by molar-refractivity contribution is 5.74. The van der Waals surface area contributed by atoms with Crippen LogP contribution in [0.3, 0.4) is 0 Å². The Morgan fingerprint density at radius 3 is 3.08 bits per heavy atom. The first-order chi connectivity index (χ1) is 6.45. The molecule has 62 valence electrons. The van der Waals surface area contributed by atoms with Gasteiger partial charge in [-0.3, -0.25) is 9.97 Å². The first kappa shape index (κ1) is 6.78. The molecule has 0 N–H and O–H groups in total. The molecule has 0 spiro atoms. The monoisotopic (exact) mass is 168 g/mol. The topological polar surface area (TPSA) is 25.8 Å². The van der Waals surface area contributed by atoms with Gasteiger partial charge in [0.25, 0.3) is 0 Å². The number of nitrogens with zero attached hydrogens (tertiary/aromatic N) is 2. The molecule has 0 saturated carbocycles. The van der Waals surface area contributed by atoms with E-state index in [2.05, 4.69) is 22.1 Å². The van der Waals surface area contributed by atoms with E-state index in [4.69, 9.17) is 0 Å². The second-order valence-corrected chi connectivity index (χ2v) is 3.21. The number of hydrogen-bond donors (Lipinski definition) is 0. The van der Waals surface area contributed by atoms with Crippen molar-refractivity contribution in [3.63, 3.8) is 0 Å². The molecule has 0 fully saturated rings. The van der Waals surface area contributed by atoms with Crippen LogP contribution in [0.5, 0.6) is 0 Å². The van der Waals surface area contributed by atoms with E-state index in [0.29, 0.717) is 0 Å². The largest absolute Gasteiger partial charge is 0.264 e. The molecule has 2 heterocycles. The summed E-state index contributed by atoms with van der Waals surface area (Å²) < 4.78 is 0. The van der Waals surface area contributed by atoms with Crippen LogP contribution in [0.4, 0.5) is 0 Å². The van der Waals surface area contributed by atoms with Gasteiger partial charge in [-0.05, 0) is 23.3 Å². The molecule has 2 aromatic heterocycles. The molecule has 1 aliphatic carbocycles. The van der Waals surface area contributed by atoms with E-state index >= 15 is 0 Å². The van der Waals surface area contributed by atoms with Gasteiger partial charge in [0.2, 0.25) is 0 Å². The van der Waals surface area contributed by atoms with E-state index in [1.54, 1.807) is 0 Å². The lowest BCUT2D eigenvalue weighted by atomic mass is 10.1. The molecular formula is C11H8N2. The Labute approximate surface area is 76.3 Å². The van der Waals surface area contributed by atoms with E-state index < -0.39 is 0 Å². The average molecular weight is 168 g/mol. The fraction of sp³-hybridized carbons (Fsp3) is 0.0909. The molecule has 0 unspecified atom stereocenters. The first-order valence-electron chi connectivity index (χ1n) is 4.32. The van der Waals surface area contributed by atoms with Crippen molar-refractivity contribution >= 4 is 0 Å². The zero-order chi connectivity index (χ0) is 8.67. The van der Waals surface area contributed by atoms with Gasteiger partial charge in [0, 0.05) is 30.6 Å². The summed E-state index contributed by atoms with van der Waals surface area (Å²) in [6, 6.07) is 6.16. The normalized spacial score (nSPS) is 12.3. The number of rotatable bonds is 0. The number of fused-ring (bicyclic) bond motifs is 3. The third kappa shape index (κ3) is 0.886. The summed E-state index contributed by atoms with van der Waals surface area (Å²) in [5, 5.41) is 0. The summed E-state index contributed by atoms with van der Waals surface area (Å²) in [6.07, 6.45) is 6.54. The van der Waals surface area contributed by atoms with Crippen LogP contribution < -0.4 is 0 Å². The second kappa shape index (κ2) is 2.39. The van der Waals surface area contributed by atoms with Crippen LogP contribution in [0.15, 0.2) is 36.8 Å². The van der Waals surface area contributed by atoms with E-state index in [1.807, 2.05) is 24.7 Å². The van der Waals surface area contributed by atoms with Crippen LogP contribution in [0, 0.1) is 0 Å². The van der Waals surface area contributed by atoms with Gasteiger partial charge in [0.1, 0.15) is 0 Å². The van der Waals surface area contributed by atoms with Crippen LogP contribution >= 0.6 is 0 Å². The van der Waals surface area contributed by atoms with E-state index in [1.165, 1.54) is 22.4 Å². The summed E-state index contributed by atoms with van der Waals surface area (Å²) in [7, 11) is 0. The fourth-order valence-electron chi connectivity index (χ4n) is 1.84. The fourth-order valence-corrected chi connectivity index (χ4v) is 1.84. The van der Waals surface area contributed by atoms with Gasteiger partial charge in [-0.2, -0.15) is 0 Å². The smallest absolute Gasteiger partial charge is 0.0526 e. The molecule has 0 saturated heterocycles. The SMILES string of the molecule is c1cnc2c(c1)-c1ccncc1C2. The van der Waals surface area contributed by atoms with Crippen molar-refractivity contribution in [2.24, 2.45) is 0 Å². The van der Waals surface area contributed by atoms with Gasteiger partial charge in [0.05, 0.1) is 5.69 Å². The highest BCUT2D eigenvalue weighted by Crippen LogP contribution is 2.33. The number of aromatic nitrogens is 2. The summed E-state index contributed by atoms with van der Waals surface area (Å²) in [4.78, 5) is 8.46. The standard InChI is InChI=1S/C11H8N2/c1-2-10-9-3-5-12-7-8(9)6-11(10)13-4-1/h1-5,7H,6H2.